The van der Waals surface area contributed by atoms with E-state index in [9.17, 15) is 22.4 Å². The maximum atomic E-state index is 14.2. The van der Waals surface area contributed by atoms with E-state index in [4.69, 9.17) is 26.3 Å². The van der Waals surface area contributed by atoms with Crippen LogP contribution in [0.15, 0.2) is 35.5 Å². The number of likely N-dealkylation sites (N-methyl/N-ethyl adjacent to an activating group) is 1. The molecule has 11 heteroatoms. The number of ether oxygens (including phenoxy) is 2. The highest BCUT2D eigenvalue weighted by Gasteiger charge is 2.46. The van der Waals surface area contributed by atoms with Crippen molar-refractivity contribution < 1.29 is 37.0 Å². The molecule has 1 heterocycles. The Kier molecular flexibility index (Phi) is 5.32. The Bertz CT molecular complexity index is 1030. The number of nitrogens with zero attached hydrogens (tertiary/aromatic N) is 2. The fourth-order valence-corrected chi connectivity index (χ4v) is 3.12. The van der Waals surface area contributed by atoms with E-state index in [0.29, 0.717) is 11.8 Å². The Morgan fingerprint density at radius 2 is 1.97 bits per heavy atom. The van der Waals surface area contributed by atoms with Gasteiger partial charge in [0.05, 0.1) is 16.3 Å². The van der Waals surface area contributed by atoms with E-state index < -0.39 is 39.8 Å². The van der Waals surface area contributed by atoms with Gasteiger partial charge in [0.2, 0.25) is 5.60 Å². The van der Waals surface area contributed by atoms with Crippen LogP contribution in [0.1, 0.15) is 19.4 Å². The summed E-state index contributed by atoms with van der Waals surface area (Å²) < 4.78 is 63.7. The van der Waals surface area contributed by atoms with Crippen molar-refractivity contribution in [3.63, 3.8) is 0 Å². The first kappa shape index (κ1) is 21.7. The van der Waals surface area contributed by atoms with E-state index in [0.717, 1.165) is 0 Å². The van der Waals surface area contributed by atoms with Crippen LogP contribution in [0.4, 0.5) is 23.2 Å². The number of carbonyl (C=O) groups excluding carboxylic acids is 1. The van der Waals surface area contributed by atoms with E-state index in [-0.39, 0.29) is 23.3 Å². The van der Waals surface area contributed by atoms with Gasteiger partial charge in [0.1, 0.15) is 17.2 Å². The predicted molar refractivity (Wildman–Crippen MR) is 100 cm³/mol. The lowest BCUT2D eigenvalue weighted by Crippen LogP contribution is -2.57. The van der Waals surface area contributed by atoms with Gasteiger partial charge in [-0.3, -0.25) is 4.79 Å². The molecule has 1 amide bonds. The summed E-state index contributed by atoms with van der Waals surface area (Å²) in [6, 6.07) is 4.97. The second-order valence-corrected chi connectivity index (χ2v) is 7.09. The van der Waals surface area contributed by atoms with Crippen molar-refractivity contribution in [2.75, 3.05) is 11.9 Å². The summed E-state index contributed by atoms with van der Waals surface area (Å²) in [6.07, 6.45) is -4.77. The summed E-state index contributed by atoms with van der Waals surface area (Å²) in [5, 5.41) is 11.5. The van der Waals surface area contributed by atoms with Crippen molar-refractivity contribution in [3.8, 4) is 17.2 Å². The lowest BCUT2D eigenvalue weighted by Gasteiger charge is -2.38. The van der Waals surface area contributed by atoms with Gasteiger partial charge in [-0.15, -0.1) is 0 Å². The first-order chi connectivity index (χ1) is 13.9. The van der Waals surface area contributed by atoms with Crippen LogP contribution in [-0.4, -0.2) is 29.5 Å². The molecule has 3 rings (SSSR count). The Morgan fingerprint density at radius 1 is 1.30 bits per heavy atom. The molecule has 0 fully saturated rings. The number of anilines is 1. The maximum absolute atomic E-state index is 14.2. The summed E-state index contributed by atoms with van der Waals surface area (Å²) >= 11 is 5.79. The topological polar surface area (TPSA) is 71.4 Å². The predicted octanol–water partition coefficient (Wildman–Crippen LogP) is 5.25. The minimum atomic E-state index is -4.77. The number of rotatable bonds is 3. The number of benzene rings is 2. The molecule has 160 valence electrons. The Labute approximate surface area is 173 Å². The van der Waals surface area contributed by atoms with E-state index in [1.165, 1.54) is 44.0 Å². The zero-order chi connectivity index (χ0) is 22.4. The lowest BCUT2D eigenvalue weighted by atomic mass is 9.96. The van der Waals surface area contributed by atoms with Gasteiger partial charge >= 0.3 is 6.18 Å². The van der Waals surface area contributed by atoms with Crippen LogP contribution >= 0.6 is 11.6 Å². The van der Waals surface area contributed by atoms with Crippen molar-refractivity contribution in [3.05, 3.63) is 46.7 Å². The quantitative estimate of drug-likeness (QED) is 0.302. The van der Waals surface area contributed by atoms with Crippen LogP contribution < -0.4 is 14.4 Å². The normalized spacial score (nSPS) is 19.4. The van der Waals surface area contributed by atoms with Gasteiger partial charge in [0.15, 0.2) is 11.6 Å². The molecule has 30 heavy (non-hydrogen) atoms. The molecule has 0 radical (unpaired) electrons. The number of amides is 1. The Morgan fingerprint density at radius 3 is 2.53 bits per heavy atom. The number of halogens is 5. The summed E-state index contributed by atoms with van der Waals surface area (Å²) in [4.78, 5) is 13.9. The molecular formula is C19H15ClF4N2O4. The van der Waals surface area contributed by atoms with Gasteiger partial charge in [-0.05, 0) is 38.1 Å². The van der Waals surface area contributed by atoms with Crippen LogP contribution in [0.5, 0.6) is 17.2 Å². The minimum absolute atomic E-state index is 0.00185. The van der Waals surface area contributed by atoms with Crippen LogP contribution in [0.25, 0.3) is 0 Å². The number of fused-ring (bicyclic) bond motifs is 1. The third-order valence-electron chi connectivity index (χ3n) is 4.71. The van der Waals surface area contributed by atoms with E-state index in [2.05, 4.69) is 5.16 Å². The largest absolute Gasteiger partial charge is 0.469 e. The van der Waals surface area contributed by atoms with Gasteiger partial charge in [-0.2, -0.15) is 13.2 Å². The van der Waals surface area contributed by atoms with Crippen molar-refractivity contribution in [1.82, 2.24) is 0 Å². The summed E-state index contributed by atoms with van der Waals surface area (Å²) in [6.45, 7) is 2.80. The first-order valence-corrected chi connectivity index (χ1v) is 8.80. The fraction of sp³-hybridized carbons (Fsp3) is 0.263. The van der Waals surface area contributed by atoms with Crippen LogP contribution in [-0.2, 0) is 11.0 Å². The van der Waals surface area contributed by atoms with Crippen molar-refractivity contribution in [2.24, 2.45) is 5.16 Å². The van der Waals surface area contributed by atoms with Crippen LogP contribution in [0, 0.1) is 5.82 Å². The molecule has 0 bridgehead atoms. The zero-order valence-corrected chi connectivity index (χ0v) is 16.6. The average Bonchev–Trinajstić information content (AvgIpc) is 2.67. The van der Waals surface area contributed by atoms with E-state index >= 15 is 0 Å². The molecule has 6 nitrogen and oxygen atoms in total. The lowest BCUT2D eigenvalue weighted by molar-refractivity contribution is -0.137. The monoisotopic (exact) mass is 446 g/mol. The van der Waals surface area contributed by atoms with Crippen molar-refractivity contribution in [2.45, 2.75) is 25.6 Å². The third-order valence-corrected chi connectivity index (χ3v) is 4.99. The van der Waals surface area contributed by atoms with Gasteiger partial charge < -0.3 is 19.6 Å². The second kappa shape index (κ2) is 7.35. The molecule has 0 saturated heterocycles. The molecule has 0 aromatic heterocycles. The SMILES string of the molecule is CC(=NO)C1(C)Oc2cc(Oc3c(F)cc(C(F)(F)F)cc3Cl)ccc2N(C)C1=O. The van der Waals surface area contributed by atoms with Crippen molar-refractivity contribution >= 4 is 28.9 Å². The van der Waals surface area contributed by atoms with Gasteiger partial charge in [-0.1, -0.05) is 16.8 Å². The Hall–Kier alpha value is -3.01. The minimum Gasteiger partial charge on any atom is -0.469 e. The molecule has 0 spiro atoms. The molecule has 0 saturated carbocycles. The smallest absolute Gasteiger partial charge is 0.416 e. The highest BCUT2D eigenvalue weighted by molar-refractivity contribution is 6.32. The standard InChI is InChI=1S/C19H15ClF4N2O4/c1-9(25-28)18(2)17(27)26(3)14-5-4-11(8-15(14)30-18)29-16-12(20)6-10(7-13(16)21)19(22,23)24/h4-8,28H,1-3H3. The highest BCUT2D eigenvalue weighted by Crippen LogP contribution is 2.43. The van der Waals surface area contributed by atoms with Crippen LogP contribution in [0.3, 0.4) is 0 Å². The average molecular weight is 447 g/mol. The molecule has 1 unspecified atom stereocenters. The first-order valence-electron chi connectivity index (χ1n) is 8.43. The van der Waals surface area contributed by atoms with Gasteiger partial charge in [0, 0.05) is 13.1 Å². The van der Waals surface area contributed by atoms with Crippen LogP contribution in [0.2, 0.25) is 5.02 Å². The Balaban J connectivity index is 1.99. The molecule has 1 N–H and O–H groups in total. The van der Waals surface area contributed by atoms with Gasteiger partial charge in [-0.25, -0.2) is 4.39 Å². The maximum Gasteiger partial charge on any atom is 0.416 e. The third kappa shape index (κ3) is 3.62. The zero-order valence-electron chi connectivity index (χ0n) is 15.8. The number of carbonyl (C=O) groups is 1. The number of hydrogen-bond donors (Lipinski definition) is 1. The van der Waals surface area contributed by atoms with E-state index in [1.807, 2.05) is 0 Å². The molecule has 2 aromatic rings. The fourth-order valence-electron chi connectivity index (χ4n) is 2.87. The summed E-state index contributed by atoms with van der Waals surface area (Å²) in [5.74, 6) is -2.24. The van der Waals surface area contributed by atoms with Crippen molar-refractivity contribution in [1.29, 1.82) is 0 Å². The molecule has 2 aromatic carbocycles. The highest BCUT2D eigenvalue weighted by atomic mass is 35.5. The molecule has 0 aliphatic carbocycles. The van der Waals surface area contributed by atoms with E-state index in [1.54, 1.807) is 0 Å². The molecule has 1 aliphatic heterocycles. The van der Waals surface area contributed by atoms with Gasteiger partial charge in [0.25, 0.3) is 5.91 Å². The second-order valence-electron chi connectivity index (χ2n) is 6.68. The number of alkyl halides is 3. The summed E-state index contributed by atoms with van der Waals surface area (Å²) in [5.41, 5.74) is -2.50. The molecule has 1 atom stereocenters. The molecule has 1 aliphatic rings. The number of hydrogen-bond acceptors (Lipinski definition) is 5. The molecular weight excluding hydrogens is 432 g/mol. The summed E-state index contributed by atoms with van der Waals surface area (Å²) in [7, 11) is 1.49. The number of oxime groups is 1.